The lowest BCUT2D eigenvalue weighted by molar-refractivity contribution is -0.137. The third-order valence-corrected chi connectivity index (χ3v) is 7.65. The fourth-order valence-electron chi connectivity index (χ4n) is 4.33. The van der Waals surface area contributed by atoms with E-state index in [9.17, 15) is 23.2 Å². The van der Waals surface area contributed by atoms with Crippen LogP contribution in [0.3, 0.4) is 0 Å². The third kappa shape index (κ3) is 3.71. The zero-order chi connectivity index (χ0) is 23.0. The third-order valence-electron chi connectivity index (χ3n) is 5.58. The van der Waals surface area contributed by atoms with Crippen molar-refractivity contribution in [2.45, 2.75) is 43.2 Å². The van der Waals surface area contributed by atoms with Crippen molar-refractivity contribution in [1.82, 2.24) is 0 Å². The standard InChI is InChI=1S/C23H20F3N3OS2/c1-2-31-18-10-11-32-21(18)19-13(12-27)22(28)29(16-8-5-9-17(30)20(16)19)15-7-4-3-6-14(15)23(24,25)26/h3-4,6-7,10-11,19H,2,5,8-9,28H2,1H3/t19-/m1/s1. The van der Waals surface area contributed by atoms with E-state index in [1.807, 2.05) is 18.4 Å². The van der Waals surface area contributed by atoms with Crippen molar-refractivity contribution < 1.29 is 18.0 Å². The Balaban J connectivity index is 2.00. The molecule has 4 rings (SSSR count). The van der Waals surface area contributed by atoms with Crippen LogP contribution in [-0.2, 0) is 11.0 Å². The minimum atomic E-state index is -4.61. The molecule has 0 amide bonds. The molecule has 1 aliphatic heterocycles. The molecule has 4 nitrogen and oxygen atoms in total. The Bertz CT molecular complexity index is 1170. The average Bonchev–Trinajstić information content (AvgIpc) is 3.20. The number of nitrogens with two attached hydrogens (primary N) is 1. The molecule has 0 spiro atoms. The highest BCUT2D eigenvalue weighted by Crippen LogP contribution is 2.51. The Kier molecular flexibility index (Phi) is 6.10. The number of Topliss-reactive ketones (excluding diaryl/α,β-unsaturated/α-hetero) is 1. The van der Waals surface area contributed by atoms with Crippen LogP contribution in [0.25, 0.3) is 0 Å². The molecule has 1 aromatic carbocycles. The molecule has 9 heteroatoms. The SMILES string of the molecule is CCSc1ccsc1[C@@H]1C(C#N)=C(N)N(c2ccccc2C(F)(F)F)C2=C1C(=O)CCC2. The van der Waals surface area contributed by atoms with E-state index >= 15 is 0 Å². The number of benzene rings is 1. The van der Waals surface area contributed by atoms with Crippen molar-refractivity contribution in [3.63, 3.8) is 0 Å². The molecule has 32 heavy (non-hydrogen) atoms. The molecule has 0 unspecified atom stereocenters. The van der Waals surface area contributed by atoms with Crippen LogP contribution in [-0.4, -0.2) is 11.5 Å². The molecule has 2 N–H and O–H groups in total. The van der Waals surface area contributed by atoms with Gasteiger partial charge in [0.05, 0.1) is 28.8 Å². The van der Waals surface area contributed by atoms with E-state index in [0.29, 0.717) is 30.5 Å². The van der Waals surface area contributed by atoms with Crippen LogP contribution in [0, 0.1) is 11.3 Å². The number of rotatable bonds is 4. The molecule has 2 heterocycles. The Morgan fingerprint density at radius 3 is 2.72 bits per heavy atom. The molecule has 0 bridgehead atoms. The van der Waals surface area contributed by atoms with Gasteiger partial charge in [-0.05, 0) is 42.2 Å². The summed E-state index contributed by atoms with van der Waals surface area (Å²) < 4.78 is 41.4. The first-order valence-electron chi connectivity index (χ1n) is 10.1. The van der Waals surface area contributed by atoms with Crippen LogP contribution in [0.4, 0.5) is 18.9 Å². The topological polar surface area (TPSA) is 70.1 Å². The number of ketones is 1. The molecule has 2 aliphatic rings. The van der Waals surface area contributed by atoms with Crippen LogP contribution >= 0.6 is 23.1 Å². The number of carbonyl (C=O) groups is 1. The van der Waals surface area contributed by atoms with E-state index < -0.39 is 17.7 Å². The Morgan fingerprint density at radius 2 is 2.03 bits per heavy atom. The second-order valence-electron chi connectivity index (χ2n) is 7.41. The van der Waals surface area contributed by atoms with Gasteiger partial charge in [0.25, 0.3) is 0 Å². The number of thiophene rings is 1. The Hall–Kier alpha value is -2.70. The zero-order valence-corrected chi connectivity index (χ0v) is 18.8. The number of halogens is 3. The van der Waals surface area contributed by atoms with Gasteiger partial charge in [0.1, 0.15) is 5.82 Å². The molecule has 1 atom stereocenters. The maximum absolute atomic E-state index is 13.8. The Labute approximate surface area is 192 Å². The van der Waals surface area contributed by atoms with E-state index in [1.54, 1.807) is 11.8 Å². The van der Waals surface area contributed by atoms with Gasteiger partial charge in [-0.3, -0.25) is 9.69 Å². The summed E-state index contributed by atoms with van der Waals surface area (Å²) in [6.07, 6.45) is -3.39. The van der Waals surface area contributed by atoms with Crippen LogP contribution < -0.4 is 10.6 Å². The Morgan fingerprint density at radius 1 is 1.28 bits per heavy atom. The first kappa shape index (κ1) is 22.5. The van der Waals surface area contributed by atoms with E-state index in [-0.39, 0.29) is 22.9 Å². The summed E-state index contributed by atoms with van der Waals surface area (Å²) in [4.78, 5) is 16.2. The second kappa shape index (κ2) is 8.68. The largest absolute Gasteiger partial charge is 0.418 e. The van der Waals surface area contributed by atoms with Crippen LogP contribution in [0.15, 0.2) is 63.3 Å². The monoisotopic (exact) mass is 475 g/mol. The number of anilines is 1. The lowest BCUT2D eigenvalue weighted by Gasteiger charge is -2.40. The summed E-state index contributed by atoms with van der Waals surface area (Å²) in [6.45, 7) is 2.01. The predicted molar refractivity (Wildman–Crippen MR) is 120 cm³/mol. The van der Waals surface area contributed by atoms with E-state index in [1.165, 1.54) is 34.4 Å². The molecule has 0 radical (unpaired) electrons. The zero-order valence-electron chi connectivity index (χ0n) is 17.2. The minimum absolute atomic E-state index is 0.0523. The van der Waals surface area contributed by atoms with Gasteiger partial charge in [0.15, 0.2) is 5.78 Å². The van der Waals surface area contributed by atoms with Crippen LogP contribution in [0.2, 0.25) is 0 Å². The van der Waals surface area contributed by atoms with Crippen LogP contribution in [0.5, 0.6) is 0 Å². The van der Waals surface area contributed by atoms with Gasteiger partial charge in [-0.15, -0.1) is 23.1 Å². The summed E-state index contributed by atoms with van der Waals surface area (Å²) in [5.41, 5.74) is 6.35. The lowest BCUT2D eigenvalue weighted by Crippen LogP contribution is -2.39. The highest BCUT2D eigenvalue weighted by Gasteiger charge is 2.44. The molecular weight excluding hydrogens is 455 g/mol. The number of para-hydroxylation sites is 1. The van der Waals surface area contributed by atoms with Gasteiger partial charge in [-0.1, -0.05) is 19.1 Å². The average molecular weight is 476 g/mol. The van der Waals surface area contributed by atoms with E-state index in [2.05, 4.69) is 6.07 Å². The van der Waals surface area contributed by atoms with Crippen molar-refractivity contribution in [2.24, 2.45) is 5.73 Å². The van der Waals surface area contributed by atoms with E-state index in [0.717, 1.165) is 21.6 Å². The van der Waals surface area contributed by atoms with Gasteiger partial charge in [0.2, 0.25) is 0 Å². The fraction of sp³-hybridized carbons (Fsp3) is 0.304. The van der Waals surface area contributed by atoms with Crippen molar-refractivity contribution in [2.75, 3.05) is 10.7 Å². The summed E-state index contributed by atoms with van der Waals surface area (Å²) >= 11 is 3.03. The van der Waals surface area contributed by atoms with E-state index in [4.69, 9.17) is 5.73 Å². The summed E-state index contributed by atoms with van der Waals surface area (Å²) in [7, 11) is 0. The number of carbonyl (C=O) groups excluding carboxylic acids is 1. The minimum Gasteiger partial charge on any atom is -0.384 e. The predicted octanol–water partition coefficient (Wildman–Crippen LogP) is 6.18. The van der Waals surface area contributed by atoms with Gasteiger partial charge in [0, 0.05) is 27.5 Å². The van der Waals surface area contributed by atoms with Crippen LogP contribution in [0.1, 0.15) is 42.5 Å². The molecule has 2 aromatic rings. The second-order valence-corrected chi connectivity index (χ2v) is 9.67. The van der Waals surface area contributed by atoms with Gasteiger partial charge >= 0.3 is 6.18 Å². The summed E-state index contributed by atoms with van der Waals surface area (Å²) in [5.74, 6) is -0.0517. The van der Waals surface area contributed by atoms with Crippen molar-refractivity contribution in [3.8, 4) is 6.07 Å². The number of nitrogens with zero attached hydrogens (tertiary/aromatic N) is 2. The number of hydrogen-bond acceptors (Lipinski definition) is 6. The summed E-state index contributed by atoms with van der Waals surface area (Å²) in [6, 6.07) is 9.18. The molecule has 166 valence electrons. The summed E-state index contributed by atoms with van der Waals surface area (Å²) in [5, 5.41) is 11.9. The number of allylic oxidation sites excluding steroid dienone is 3. The van der Waals surface area contributed by atoms with Crippen molar-refractivity contribution in [1.29, 1.82) is 5.26 Å². The smallest absolute Gasteiger partial charge is 0.384 e. The highest BCUT2D eigenvalue weighted by molar-refractivity contribution is 7.99. The fourth-order valence-corrected chi connectivity index (χ4v) is 6.38. The lowest BCUT2D eigenvalue weighted by atomic mass is 9.78. The molecule has 0 saturated carbocycles. The molecule has 0 saturated heterocycles. The number of nitriles is 1. The number of thioether (sulfide) groups is 1. The molecule has 1 aromatic heterocycles. The first-order valence-corrected chi connectivity index (χ1v) is 12.0. The maximum Gasteiger partial charge on any atom is 0.418 e. The highest BCUT2D eigenvalue weighted by atomic mass is 32.2. The van der Waals surface area contributed by atoms with Crippen molar-refractivity contribution in [3.05, 3.63) is 68.8 Å². The van der Waals surface area contributed by atoms with Gasteiger partial charge in [-0.25, -0.2) is 0 Å². The molecule has 0 fully saturated rings. The molecular formula is C23H20F3N3OS2. The van der Waals surface area contributed by atoms with Gasteiger partial charge < -0.3 is 5.73 Å². The maximum atomic E-state index is 13.8. The number of alkyl halides is 3. The van der Waals surface area contributed by atoms with Gasteiger partial charge in [-0.2, -0.15) is 18.4 Å². The first-order chi connectivity index (χ1) is 15.3. The van der Waals surface area contributed by atoms with Crippen molar-refractivity contribution >= 4 is 34.6 Å². The normalized spacial score (nSPS) is 19.3. The molecule has 1 aliphatic carbocycles. The quantitative estimate of drug-likeness (QED) is 0.535. The number of hydrogen-bond donors (Lipinski definition) is 1.